The summed E-state index contributed by atoms with van der Waals surface area (Å²) in [5.41, 5.74) is 3.27. The van der Waals surface area contributed by atoms with Crippen LogP contribution in [0, 0.1) is 41.5 Å². The average molecular weight is 917 g/mol. The molecule has 14 heteroatoms. The van der Waals surface area contributed by atoms with Gasteiger partial charge in [-0.25, -0.2) is 9.59 Å². The zero-order valence-corrected chi connectivity index (χ0v) is 38.8. The van der Waals surface area contributed by atoms with Gasteiger partial charge in [0.05, 0.1) is 0 Å². The lowest BCUT2D eigenvalue weighted by molar-refractivity contribution is -0.0417. The lowest BCUT2D eigenvalue weighted by atomic mass is 9.99. The van der Waals surface area contributed by atoms with Crippen LogP contribution in [0.5, 0.6) is 11.5 Å². The Morgan fingerprint density at radius 1 is 0.400 bits per heavy atom. The molecule has 0 heterocycles. The summed E-state index contributed by atoms with van der Waals surface area (Å²) in [4.78, 5) is 53.3. The zero-order chi connectivity index (χ0) is 46.7. The number of benzene rings is 6. The molecule has 0 amide bonds. The maximum atomic E-state index is 14.8. The standard InChI is InChI=1S/C51H50O12P2/c1-34-31-36(3)46(38(5)44(34)48(52)64(56,40-19-11-7-12-20-40)41-21-13-8-14-22-41)58-27-29-60-50(54)62-33-63-51(55)61-30-28-59-47-37(4)32-35(2)45(39(47)6)49(53)65(57,42-23-15-9-16-24-42)43-25-17-10-18-26-43/h7-26,31-32H,27-30,33H2,1-6H3. The third kappa shape index (κ3) is 10.5. The van der Waals surface area contributed by atoms with Crippen molar-refractivity contribution in [2.24, 2.45) is 0 Å². The second-order valence-corrected chi connectivity index (χ2v) is 20.5. The summed E-state index contributed by atoms with van der Waals surface area (Å²) in [6.07, 6.45) is -2.27. The van der Waals surface area contributed by atoms with Gasteiger partial charge in [0.1, 0.15) is 37.9 Å². The van der Waals surface area contributed by atoms with Crippen molar-refractivity contribution in [3.8, 4) is 11.5 Å². The van der Waals surface area contributed by atoms with Crippen molar-refractivity contribution in [1.29, 1.82) is 0 Å². The molecule has 336 valence electrons. The highest BCUT2D eigenvalue weighted by molar-refractivity contribution is 7.94. The Morgan fingerprint density at radius 3 is 0.985 bits per heavy atom. The number of ether oxygens (including phenoxy) is 6. The van der Waals surface area contributed by atoms with Crippen LogP contribution in [0.15, 0.2) is 133 Å². The Hall–Kier alpha value is -6.74. The van der Waals surface area contributed by atoms with Gasteiger partial charge >= 0.3 is 12.3 Å². The van der Waals surface area contributed by atoms with Crippen LogP contribution in [0.1, 0.15) is 54.1 Å². The van der Waals surface area contributed by atoms with Crippen LogP contribution < -0.4 is 30.7 Å². The first-order valence-corrected chi connectivity index (χ1v) is 24.2. The molecular weight excluding hydrogens is 866 g/mol. The van der Waals surface area contributed by atoms with Gasteiger partial charge in [0.25, 0.3) is 0 Å². The summed E-state index contributed by atoms with van der Waals surface area (Å²) in [6.45, 7) is 9.15. The minimum atomic E-state index is -3.79. The molecule has 6 aromatic rings. The smallest absolute Gasteiger partial charge is 0.489 e. The molecule has 0 unspecified atom stereocenters. The van der Waals surface area contributed by atoms with Gasteiger partial charge in [-0.15, -0.1) is 0 Å². The molecule has 0 saturated heterocycles. The third-order valence-electron chi connectivity index (χ3n) is 10.7. The first-order valence-electron chi connectivity index (χ1n) is 20.8. The van der Waals surface area contributed by atoms with Gasteiger partial charge in [0.15, 0.2) is 0 Å². The van der Waals surface area contributed by atoms with Gasteiger partial charge < -0.3 is 37.6 Å². The lowest BCUT2D eigenvalue weighted by Crippen LogP contribution is -2.24. The van der Waals surface area contributed by atoms with E-state index in [0.29, 0.717) is 55.0 Å². The highest BCUT2D eigenvalue weighted by Gasteiger charge is 2.40. The van der Waals surface area contributed by atoms with E-state index in [2.05, 4.69) is 0 Å². The van der Waals surface area contributed by atoms with Crippen molar-refractivity contribution in [2.75, 3.05) is 33.2 Å². The summed E-state index contributed by atoms with van der Waals surface area (Å²) >= 11 is 0. The number of carbonyl (C=O) groups is 4. The molecule has 0 radical (unpaired) electrons. The number of aryl methyl sites for hydroxylation is 4. The largest absolute Gasteiger partial charge is 0.511 e. The molecule has 0 aliphatic heterocycles. The third-order valence-corrected chi connectivity index (χ3v) is 16.4. The van der Waals surface area contributed by atoms with Crippen molar-refractivity contribution < 1.29 is 56.7 Å². The fraction of sp³-hybridized carbons (Fsp3) is 0.216. The predicted octanol–water partition coefficient (Wildman–Crippen LogP) is 9.57. The Balaban J connectivity index is 0.983. The summed E-state index contributed by atoms with van der Waals surface area (Å²) in [5, 5.41) is 1.68. The van der Waals surface area contributed by atoms with Gasteiger partial charge in [0.2, 0.25) is 32.1 Å². The first kappa shape index (κ1) is 47.7. The Kier molecular flexibility index (Phi) is 15.6. The molecule has 0 N–H and O–H groups in total. The summed E-state index contributed by atoms with van der Waals surface area (Å²) < 4.78 is 61.5. The second-order valence-electron chi connectivity index (χ2n) is 15.2. The quantitative estimate of drug-likeness (QED) is 0.0349. The van der Waals surface area contributed by atoms with Gasteiger partial charge in [-0.3, -0.25) is 9.59 Å². The highest BCUT2D eigenvalue weighted by Crippen LogP contribution is 2.50. The number of hydrogen-bond donors (Lipinski definition) is 0. The number of rotatable bonds is 18. The van der Waals surface area contributed by atoms with E-state index in [-0.39, 0.29) is 37.6 Å². The summed E-state index contributed by atoms with van der Waals surface area (Å²) in [6, 6.07) is 38.3. The number of carbonyl (C=O) groups excluding carboxylic acids is 4. The summed E-state index contributed by atoms with van der Waals surface area (Å²) in [7, 11) is -7.58. The molecule has 65 heavy (non-hydrogen) atoms. The fourth-order valence-corrected chi connectivity index (χ4v) is 13.0. The Bertz CT molecular complexity index is 2500. The monoisotopic (exact) mass is 916 g/mol. The minimum absolute atomic E-state index is 0.111. The topological polar surface area (TPSA) is 158 Å². The SMILES string of the molecule is Cc1cc(C)c(C(=O)P(=O)(c2ccccc2)c2ccccc2)c(C)c1OCCOC(=O)OCOC(=O)OCCOc1c(C)cc(C)c(C(=O)P(=O)(c2ccccc2)c2ccccc2)c1C. The molecule has 0 bridgehead atoms. The molecule has 0 atom stereocenters. The van der Waals surface area contributed by atoms with Crippen LogP contribution in [0.2, 0.25) is 0 Å². The van der Waals surface area contributed by atoms with Crippen molar-refractivity contribution in [2.45, 2.75) is 41.5 Å². The second kappa shape index (κ2) is 21.3. The van der Waals surface area contributed by atoms with Crippen LogP contribution in [0.3, 0.4) is 0 Å². The number of hydrogen-bond acceptors (Lipinski definition) is 12. The van der Waals surface area contributed by atoms with Crippen LogP contribution in [0.4, 0.5) is 9.59 Å². The predicted molar refractivity (Wildman–Crippen MR) is 250 cm³/mol. The van der Waals surface area contributed by atoms with E-state index >= 15 is 0 Å². The van der Waals surface area contributed by atoms with Crippen molar-refractivity contribution in [1.82, 2.24) is 0 Å². The van der Waals surface area contributed by atoms with E-state index in [1.165, 1.54) is 0 Å². The Morgan fingerprint density at radius 2 is 0.692 bits per heavy atom. The molecular formula is C51H50O12P2. The van der Waals surface area contributed by atoms with Gasteiger partial charge in [0, 0.05) is 43.5 Å². The van der Waals surface area contributed by atoms with E-state index in [1.807, 2.05) is 13.8 Å². The first-order chi connectivity index (χ1) is 31.2. The highest BCUT2D eigenvalue weighted by atomic mass is 31.2. The molecule has 0 aliphatic carbocycles. The van der Waals surface area contributed by atoms with E-state index in [9.17, 15) is 28.3 Å². The molecule has 6 aromatic carbocycles. The van der Waals surface area contributed by atoms with Gasteiger partial charge in [-0.05, 0) is 63.8 Å². The van der Waals surface area contributed by atoms with Crippen LogP contribution in [0.25, 0.3) is 0 Å². The molecule has 0 spiro atoms. The molecule has 0 saturated carbocycles. The molecule has 0 aliphatic rings. The maximum absolute atomic E-state index is 14.8. The molecule has 0 aromatic heterocycles. The van der Waals surface area contributed by atoms with Crippen molar-refractivity contribution in [3.05, 3.63) is 178 Å². The van der Waals surface area contributed by atoms with Gasteiger partial charge in [-0.2, -0.15) is 0 Å². The lowest BCUT2D eigenvalue weighted by Gasteiger charge is -2.22. The summed E-state index contributed by atoms with van der Waals surface area (Å²) in [5.74, 6) is 0.773. The van der Waals surface area contributed by atoms with E-state index in [0.717, 1.165) is 11.1 Å². The fourth-order valence-electron chi connectivity index (χ4n) is 7.82. The molecule has 0 fully saturated rings. The molecule has 12 nitrogen and oxygen atoms in total. The zero-order valence-electron chi connectivity index (χ0n) is 37.0. The van der Waals surface area contributed by atoms with Crippen LogP contribution in [-0.2, 0) is 28.1 Å². The van der Waals surface area contributed by atoms with E-state index in [1.54, 1.807) is 161 Å². The maximum Gasteiger partial charge on any atom is 0.511 e. The average Bonchev–Trinajstić information content (AvgIpc) is 3.31. The van der Waals surface area contributed by atoms with Crippen LogP contribution in [-0.4, -0.2) is 56.6 Å². The Labute approximate surface area is 378 Å². The van der Waals surface area contributed by atoms with Crippen molar-refractivity contribution in [3.63, 3.8) is 0 Å². The van der Waals surface area contributed by atoms with E-state index in [4.69, 9.17) is 28.4 Å². The van der Waals surface area contributed by atoms with E-state index < -0.39 is 44.4 Å². The minimum Gasteiger partial charge on any atom is -0.489 e. The van der Waals surface area contributed by atoms with Crippen LogP contribution >= 0.6 is 14.3 Å². The van der Waals surface area contributed by atoms with Crippen molar-refractivity contribution >= 4 is 58.9 Å². The van der Waals surface area contributed by atoms with Gasteiger partial charge in [-0.1, -0.05) is 133 Å². The molecule has 6 rings (SSSR count). The normalized spacial score (nSPS) is 11.3.